The highest BCUT2D eigenvalue weighted by molar-refractivity contribution is 6.30. The van der Waals surface area contributed by atoms with Crippen molar-refractivity contribution in [3.8, 4) is 11.4 Å². The van der Waals surface area contributed by atoms with Crippen molar-refractivity contribution in [2.75, 3.05) is 6.61 Å². The van der Waals surface area contributed by atoms with Gasteiger partial charge in [0.15, 0.2) is 0 Å². The minimum atomic E-state index is 0.677. The fourth-order valence-corrected chi connectivity index (χ4v) is 2.71. The highest BCUT2D eigenvalue weighted by atomic mass is 35.5. The average Bonchev–Trinajstić information content (AvgIpc) is 2.95. The van der Waals surface area contributed by atoms with E-state index in [0.717, 1.165) is 35.1 Å². The van der Waals surface area contributed by atoms with Gasteiger partial charge in [-0.05, 0) is 50.5 Å². The Morgan fingerprint density at radius 2 is 2.06 bits per heavy atom. The van der Waals surface area contributed by atoms with E-state index in [2.05, 4.69) is 5.10 Å². The quantitative estimate of drug-likeness (QED) is 0.848. The summed E-state index contributed by atoms with van der Waals surface area (Å²) in [5.41, 5.74) is 3.34. The summed E-state index contributed by atoms with van der Waals surface area (Å²) in [5.74, 6) is 0.872. The lowest BCUT2D eigenvalue weighted by Gasteiger charge is -2.06. The lowest BCUT2D eigenvalue weighted by Crippen LogP contribution is -1.99. The molecule has 0 atom stereocenters. The monoisotopic (exact) mass is 262 g/mol. The standard InChI is InChI=1S/C14H15ClN2O/c1-2-18-11-8-6-10(7-9-11)17-14(15)12-4-3-5-13(12)16-17/h6-9H,2-5H2,1H3. The van der Waals surface area contributed by atoms with Crippen LogP contribution in [0.4, 0.5) is 0 Å². The fourth-order valence-electron chi connectivity index (χ4n) is 2.37. The molecule has 0 bridgehead atoms. The fraction of sp³-hybridized carbons (Fsp3) is 0.357. The van der Waals surface area contributed by atoms with Crippen LogP contribution in [0.15, 0.2) is 24.3 Å². The van der Waals surface area contributed by atoms with Crippen LogP contribution >= 0.6 is 11.6 Å². The van der Waals surface area contributed by atoms with Crippen LogP contribution in [0.5, 0.6) is 5.75 Å². The minimum absolute atomic E-state index is 0.677. The molecule has 1 aromatic heterocycles. The zero-order valence-electron chi connectivity index (χ0n) is 10.3. The Hall–Kier alpha value is -1.48. The van der Waals surface area contributed by atoms with Gasteiger partial charge in [-0.25, -0.2) is 4.68 Å². The van der Waals surface area contributed by atoms with Gasteiger partial charge in [0, 0.05) is 5.56 Å². The molecule has 0 fully saturated rings. The molecule has 0 spiro atoms. The van der Waals surface area contributed by atoms with Crippen LogP contribution in [0.1, 0.15) is 24.6 Å². The van der Waals surface area contributed by atoms with Crippen LogP contribution in [-0.2, 0) is 12.8 Å². The molecule has 0 saturated heterocycles. The molecule has 0 amide bonds. The lowest BCUT2D eigenvalue weighted by molar-refractivity contribution is 0.340. The van der Waals surface area contributed by atoms with E-state index in [1.807, 2.05) is 35.9 Å². The molecule has 1 heterocycles. The number of nitrogens with zero attached hydrogens (tertiary/aromatic N) is 2. The Balaban J connectivity index is 1.95. The molecule has 0 aliphatic heterocycles. The van der Waals surface area contributed by atoms with Gasteiger partial charge in [-0.1, -0.05) is 11.6 Å². The molecule has 0 saturated carbocycles. The zero-order chi connectivity index (χ0) is 12.5. The summed E-state index contributed by atoms with van der Waals surface area (Å²) in [6.07, 6.45) is 3.26. The molecule has 18 heavy (non-hydrogen) atoms. The van der Waals surface area contributed by atoms with Gasteiger partial charge in [0.05, 0.1) is 18.0 Å². The van der Waals surface area contributed by atoms with Gasteiger partial charge >= 0.3 is 0 Å². The molecule has 0 N–H and O–H groups in total. The van der Waals surface area contributed by atoms with E-state index < -0.39 is 0 Å². The predicted molar refractivity (Wildman–Crippen MR) is 71.8 cm³/mol. The first-order chi connectivity index (χ1) is 8.79. The van der Waals surface area contributed by atoms with Crippen molar-refractivity contribution in [1.82, 2.24) is 9.78 Å². The second-order valence-corrected chi connectivity index (χ2v) is 4.77. The van der Waals surface area contributed by atoms with Crippen molar-refractivity contribution in [1.29, 1.82) is 0 Å². The highest BCUT2D eigenvalue weighted by Crippen LogP contribution is 2.30. The normalized spacial score (nSPS) is 13.7. The molecule has 1 aliphatic carbocycles. The molecular weight excluding hydrogens is 248 g/mol. The van der Waals surface area contributed by atoms with Gasteiger partial charge in [0.2, 0.25) is 0 Å². The van der Waals surface area contributed by atoms with Crippen molar-refractivity contribution in [3.05, 3.63) is 40.7 Å². The first kappa shape index (κ1) is 11.6. The van der Waals surface area contributed by atoms with E-state index in [1.54, 1.807) is 0 Å². The number of fused-ring (bicyclic) bond motifs is 1. The average molecular weight is 263 g/mol. The van der Waals surface area contributed by atoms with Crippen LogP contribution in [0.3, 0.4) is 0 Å². The van der Waals surface area contributed by atoms with Crippen LogP contribution in [-0.4, -0.2) is 16.4 Å². The maximum atomic E-state index is 6.37. The van der Waals surface area contributed by atoms with Crippen LogP contribution in [0.25, 0.3) is 5.69 Å². The molecular formula is C14H15ClN2O. The SMILES string of the molecule is CCOc1ccc(-n2nc3c(c2Cl)CCC3)cc1. The van der Waals surface area contributed by atoms with E-state index in [4.69, 9.17) is 16.3 Å². The van der Waals surface area contributed by atoms with Gasteiger partial charge in [0.1, 0.15) is 10.9 Å². The number of hydrogen-bond donors (Lipinski definition) is 0. The number of hydrogen-bond acceptors (Lipinski definition) is 2. The summed E-state index contributed by atoms with van der Waals surface area (Å²) in [7, 11) is 0. The number of aromatic nitrogens is 2. The molecule has 94 valence electrons. The summed E-state index contributed by atoms with van der Waals surface area (Å²) in [4.78, 5) is 0. The van der Waals surface area contributed by atoms with Crippen molar-refractivity contribution in [3.63, 3.8) is 0 Å². The number of rotatable bonds is 3. The molecule has 1 aromatic carbocycles. The summed E-state index contributed by atoms with van der Waals surface area (Å²) >= 11 is 6.37. The molecule has 0 unspecified atom stereocenters. The Kier molecular flexibility index (Phi) is 3.00. The van der Waals surface area contributed by atoms with Crippen LogP contribution in [0.2, 0.25) is 5.15 Å². The third-order valence-corrected chi connectivity index (χ3v) is 3.62. The number of ether oxygens (including phenoxy) is 1. The summed E-state index contributed by atoms with van der Waals surface area (Å²) in [5, 5.41) is 5.34. The van der Waals surface area contributed by atoms with Crippen molar-refractivity contribution < 1.29 is 4.74 Å². The molecule has 3 rings (SSSR count). The molecule has 1 aliphatic rings. The van der Waals surface area contributed by atoms with Crippen molar-refractivity contribution in [2.24, 2.45) is 0 Å². The Morgan fingerprint density at radius 1 is 1.28 bits per heavy atom. The van der Waals surface area contributed by atoms with Gasteiger partial charge < -0.3 is 4.74 Å². The third-order valence-electron chi connectivity index (χ3n) is 3.24. The smallest absolute Gasteiger partial charge is 0.136 e. The van der Waals surface area contributed by atoms with E-state index in [0.29, 0.717) is 6.61 Å². The lowest BCUT2D eigenvalue weighted by atomic mass is 10.3. The molecule has 3 nitrogen and oxygen atoms in total. The first-order valence-corrected chi connectivity index (χ1v) is 6.67. The van der Waals surface area contributed by atoms with Crippen LogP contribution < -0.4 is 4.74 Å². The summed E-state index contributed by atoms with van der Waals surface area (Å²) < 4.78 is 7.25. The van der Waals surface area contributed by atoms with Gasteiger partial charge in [-0.2, -0.15) is 5.10 Å². The second kappa shape index (κ2) is 4.65. The maximum absolute atomic E-state index is 6.37. The summed E-state index contributed by atoms with van der Waals surface area (Å²) in [6.45, 7) is 2.65. The largest absolute Gasteiger partial charge is 0.494 e. The second-order valence-electron chi connectivity index (χ2n) is 4.41. The zero-order valence-corrected chi connectivity index (χ0v) is 11.1. The van der Waals surface area contributed by atoms with Gasteiger partial charge in [-0.15, -0.1) is 0 Å². The van der Waals surface area contributed by atoms with E-state index in [9.17, 15) is 0 Å². The highest BCUT2D eigenvalue weighted by Gasteiger charge is 2.21. The molecule has 2 aromatic rings. The topological polar surface area (TPSA) is 27.1 Å². The predicted octanol–water partition coefficient (Wildman–Crippen LogP) is 3.41. The van der Waals surface area contributed by atoms with Crippen molar-refractivity contribution in [2.45, 2.75) is 26.2 Å². The third kappa shape index (κ3) is 1.89. The number of halogens is 1. The Bertz CT molecular complexity index is 560. The number of aryl methyl sites for hydroxylation is 1. The maximum Gasteiger partial charge on any atom is 0.136 e. The van der Waals surface area contributed by atoms with E-state index in [-0.39, 0.29) is 0 Å². The van der Waals surface area contributed by atoms with Gasteiger partial charge in [-0.3, -0.25) is 0 Å². The Morgan fingerprint density at radius 3 is 2.72 bits per heavy atom. The van der Waals surface area contributed by atoms with Crippen LogP contribution in [0, 0.1) is 0 Å². The summed E-state index contributed by atoms with van der Waals surface area (Å²) in [6, 6.07) is 7.86. The Labute approximate surface area is 111 Å². The minimum Gasteiger partial charge on any atom is -0.494 e. The molecule has 0 radical (unpaired) electrons. The molecule has 4 heteroatoms. The number of benzene rings is 1. The van der Waals surface area contributed by atoms with E-state index >= 15 is 0 Å². The van der Waals surface area contributed by atoms with Gasteiger partial charge in [0.25, 0.3) is 0 Å². The first-order valence-electron chi connectivity index (χ1n) is 6.29. The van der Waals surface area contributed by atoms with Crippen molar-refractivity contribution >= 4 is 11.6 Å². The van der Waals surface area contributed by atoms with E-state index in [1.165, 1.54) is 12.0 Å².